The maximum atomic E-state index is 13.5. The standard InChI is InChI=1S/C13H17F5O3Si/c1-4-21-22(19-2,20-3)7-5-6-8-9(14)11(16)13(18)12(17)10(8)15/h4-7H2,1-3H3. The van der Waals surface area contributed by atoms with E-state index in [9.17, 15) is 22.0 Å². The molecule has 3 nitrogen and oxygen atoms in total. The van der Waals surface area contributed by atoms with Crippen LogP contribution in [0.2, 0.25) is 6.04 Å². The van der Waals surface area contributed by atoms with Crippen LogP contribution in [0.5, 0.6) is 0 Å². The van der Waals surface area contributed by atoms with E-state index in [2.05, 4.69) is 0 Å². The molecule has 0 atom stereocenters. The van der Waals surface area contributed by atoms with Crippen molar-refractivity contribution in [1.29, 1.82) is 0 Å². The van der Waals surface area contributed by atoms with Gasteiger partial charge in [0, 0.05) is 32.4 Å². The fourth-order valence-electron chi connectivity index (χ4n) is 2.05. The topological polar surface area (TPSA) is 27.7 Å². The molecule has 1 rings (SSSR count). The van der Waals surface area contributed by atoms with Crippen molar-refractivity contribution in [3.05, 3.63) is 34.6 Å². The first-order chi connectivity index (χ1) is 10.3. The second-order valence-electron chi connectivity index (χ2n) is 4.43. The summed E-state index contributed by atoms with van der Waals surface area (Å²) < 4.78 is 82.0. The summed E-state index contributed by atoms with van der Waals surface area (Å²) in [6.07, 6.45) is -0.257. The van der Waals surface area contributed by atoms with Crippen LogP contribution in [-0.4, -0.2) is 29.6 Å². The Bertz CT molecular complexity index is 494. The summed E-state index contributed by atoms with van der Waals surface area (Å²) in [5.41, 5.74) is -0.844. The van der Waals surface area contributed by atoms with Crippen LogP contribution in [0.15, 0.2) is 0 Å². The van der Waals surface area contributed by atoms with Gasteiger partial charge in [0.2, 0.25) is 5.82 Å². The minimum absolute atomic E-state index is 0.0895. The summed E-state index contributed by atoms with van der Waals surface area (Å²) in [6, 6.07) is 0.188. The number of hydrogen-bond acceptors (Lipinski definition) is 3. The molecule has 0 saturated carbocycles. The lowest BCUT2D eigenvalue weighted by Crippen LogP contribution is -2.43. The van der Waals surface area contributed by atoms with E-state index in [1.165, 1.54) is 14.2 Å². The van der Waals surface area contributed by atoms with Crippen LogP contribution < -0.4 is 0 Å². The van der Waals surface area contributed by atoms with Gasteiger partial charge >= 0.3 is 8.80 Å². The van der Waals surface area contributed by atoms with Crippen molar-refractivity contribution < 1.29 is 35.2 Å². The number of halogens is 5. The van der Waals surface area contributed by atoms with Crippen LogP contribution in [0, 0.1) is 29.1 Å². The van der Waals surface area contributed by atoms with Gasteiger partial charge in [-0.1, -0.05) is 0 Å². The second-order valence-corrected chi connectivity index (χ2v) is 7.40. The summed E-state index contributed by atoms with van der Waals surface area (Å²) in [6.45, 7) is 2.04. The Morgan fingerprint density at radius 3 is 1.68 bits per heavy atom. The lowest BCUT2D eigenvalue weighted by Gasteiger charge is -2.25. The molecule has 126 valence electrons. The summed E-state index contributed by atoms with van der Waals surface area (Å²) in [4.78, 5) is 0. The fraction of sp³-hybridized carbons (Fsp3) is 0.538. The summed E-state index contributed by atoms with van der Waals surface area (Å²) >= 11 is 0. The van der Waals surface area contributed by atoms with Crippen LogP contribution in [0.4, 0.5) is 22.0 Å². The molecule has 0 fully saturated rings. The predicted octanol–water partition coefficient (Wildman–Crippen LogP) is 3.58. The van der Waals surface area contributed by atoms with Gasteiger partial charge in [-0.05, 0) is 19.8 Å². The van der Waals surface area contributed by atoms with Gasteiger partial charge < -0.3 is 13.3 Å². The van der Waals surface area contributed by atoms with Gasteiger partial charge in [-0.3, -0.25) is 0 Å². The van der Waals surface area contributed by atoms with E-state index in [1.807, 2.05) is 0 Å². The van der Waals surface area contributed by atoms with Gasteiger partial charge in [0.25, 0.3) is 0 Å². The highest BCUT2D eigenvalue weighted by molar-refractivity contribution is 6.60. The van der Waals surface area contributed by atoms with Gasteiger partial charge in [-0.25, -0.2) is 22.0 Å². The summed E-state index contributed by atoms with van der Waals surface area (Å²) in [7, 11) is -0.219. The fourth-order valence-corrected chi connectivity index (χ4v) is 4.05. The molecule has 1 aromatic rings. The molecule has 0 aliphatic rings. The van der Waals surface area contributed by atoms with Gasteiger partial charge in [-0.15, -0.1) is 0 Å². The van der Waals surface area contributed by atoms with Crippen LogP contribution in [0.25, 0.3) is 0 Å². The second kappa shape index (κ2) is 8.00. The highest BCUT2D eigenvalue weighted by Crippen LogP contribution is 2.26. The van der Waals surface area contributed by atoms with Crippen molar-refractivity contribution in [2.75, 3.05) is 20.8 Å². The van der Waals surface area contributed by atoms with Gasteiger partial charge in [0.05, 0.1) is 0 Å². The molecular weight excluding hydrogens is 327 g/mol. The predicted molar refractivity (Wildman–Crippen MR) is 70.8 cm³/mol. The lowest BCUT2D eigenvalue weighted by molar-refractivity contribution is 0.103. The molecule has 0 radical (unpaired) electrons. The third-order valence-corrected chi connectivity index (χ3v) is 6.14. The number of rotatable bonds is 8. The first kappa shape index (κ1) is 19.0. The van der Waals surface area contributed by atoms with Gasteiger partial charge in [0.15, 0.2) is 23.3 Å². The molecule has 0 amide bonds. The lowest BCUT2D eigenvalue weighted by atomic mass is 10.1. The zero-order chi connectivity index (χ0) is 16.9. The van der Waals surface area contributed by atoms with Crippen LogP contribution in [-0.2, 0) is 19.7 Å². The van der Waals surface area contributed by atoms with Crippen LogP contribution >= 0.6 is 0 Å². The Balaban J connectivity index is 2.89. The molecule has 0 N–H and O–H groups in total. The van der Waals surface area contributed by atoms with E-state index < -0.39 is 43.5 Å². The monoisotopic (exact) mass is 344 g/mol. The van der Waals surface area contributed by atoms with Crippen molar-refractivity contribution in [3.8, 4) is 0 Å². The first-order valence-electron chi connectivity index (χ1n) is 6.58. The van der Waals surface area contributed by atoms with E-state index in [4.69, 9.17) is 13.3 Å². The van der Waals surface area contributed by atoms with E-state index in [0.717, 1.165) is 0 Å². The zero-order valence-electron chi connectivity index (χ0n) is 12.4. The molecule has 0 spiro atoms. The molecular formula is C13H17F5O3Si. The third kappa shape index (κ3) is 3.83. The molecule has 0 saturated heterocycles. The molecule has 0 aliphatic carbocycles. The molecule has 9 heteroatoms. The Labute approximate surface area is 126 Å². The van der Waals surface area contributed by atoms with E-state index in [1.54, 1.807) is 6.92 Å². The highest BCUT2D eigenvalue weighted by atomic mass is 28.4. The molecule has 22 heavy (non-hydrogen) atoms. The number of hydrogen-bond donors (Lipinski definition) is 0. The van der Waals surface area contributed by atoms with E-state index >= 15 is 0 Å². The van der Waals surface area contributed by atoms with Gasteiger partial charge in [-0.2, -0.15) is 0 Å². The van der Waals surface area contributed by atoms with Crippen molar-refractivity contribution in [2.24, 2.45) is 0 Å². The molecule has 0 bridgehead atoms. The molecule has 0 unspecified atom stereocenters. The third-order valence-electron chi connectivity index (χ3n) is 3.20. The highest BCUT2D eigenvalue weighted by Gasteiger charge is 2.38. The van der Waals surface area contributed by atoms with Crippen LogP contribution in [0.3, 0.4) is 0 Å². The van der Waals surface area contributed by atoms with E-state index in [0.29, 0.717) is 6.61 Å². The quantitative estimate of drug-likeness (QED) is 0.312. The van der Waals surface area contributed by atoms with Crippen molar-refractivity contribution in [3.63, 3.8) is 0 Å². The maximum Gasteiger partial charge on any atom is 0.500 e. The molecule has 0 aromatic heterocycles. The Morgan fingerprint density at radius 2 is 1.27 bits per heavy atom. The Hall–Kier alpha value is -1.03. The van der Waals surface area contributed by atoms with Crippen LogP contribution in [0.1, 0.15) is 18.9 Å². The Kier molecular flexibility index (Phi) is 6.91. The number of benzene rings is 1. The smallest absolute Gasteiger partial charge is 0.377 e. The first-order valence-corrected chi connectivity index (χ1v) is 8.51. The molecule has 1 aromatic carbocycles. The SMILES string of the molecule is CCO[Si](CCCc1c(F)c(F)c(F)c(F)c1F)(OC)OC. The van der Waals surface area contributed by atoms with Gasteiger partial charge in [0.1, 0.15) is 0 Å². The largest absolute Gasteiger partial charge is 0.500 e. The normalized spacial score (nSPS) is 12.0. The van der Waals surface area contributed by atoms with Crippen molar-refractivity contribution >= 4 is 8.80 Å². The maximum absolute atomic E-state index is 13.5. The summed E-state index contributed by atoms with van der Waals surface area (Å²) in [5, 5.41) is 0. The molecule has 0 aliphatic heterocycles. The summed E-state index contributed by atoms with van der Waals surface area (Å²) in [5.74, 6) is -9.67. The van der Waals surface area contributed by atoms with Crippen molar-refractivity contribution in [2.45, 2.75) is 25.8 Å². The minimum Gasteiger partial charge on any atom is -0.377 e. The minimum atomic E-state index is -2.98. The van der Waals surface area contributed by atoms with E-state index in [-0.39, 0.29) is 18.9 Å². The average Bonchev–Trinajstić information content (AvgIpc) is 2.53. The Morgan fingerprint density at radius 1 is 0.818 bits per heavy atom. The van der Waals surface area contributed by atoms with Crippen molar-refractivity contribution in [1.82, 2.24) is 0 Å². The molecule has 0 heterocycles. The zero-order valence-corrected chi connectivity index (χ0v) is 13.4. The average molecular weight is 344 g/mol.